The van der Waals surface area contributed by atoms with Gasteiger partial charge >= 0.3 is 0 Å². The molecule has 0 saturated heterocycles. The van der Waals surface area contributed by atoms with Crippen LogP contribution >= 0.6 is 12.4 Å². The summed E-state index contributed by atoms with van der Waals surface area (Å²) in [5.41, 5.74) is 10.7. The third kappa shape index (κ3) is 8.51. The minimum absolute atomic E-state index is 0. The molecular weight excluding hydrogens is 352 g/mol. The number of anilines is 1. The summed E-state index contributed by atoms with van der Waals surface area (Å²) in [6.45, 7) is 1.64. The fourth-order valence-corrected chi connectivity index (χ4v) is 1.91. The molecule has 2 amide bonds. The number of hydrogen-bond acceptors (Lipinski definition) is 5. The maximum Gasteiger partial charge on any atom is 0.269 e. The average Bonchev–Trinajstić information content (AvgIpc) is 2.50. The number of halogens is 1. The zero-order valence-corrected chi connectivity index (χ0v) is 14.4. The summed E-state index contributed by atoms with van der Waals surface area (Å²) in [7, 11) is 0. The highest BCUT2D eigenvalue weighted by Gasteiger charge is 2.19. The fraction of sp³-hybridized carbons (Fsp3) is 0.357. The van der Waals surface area contributed by atoms with E-state index in [1.54, 1.807) is 0 Å². The Labute approximate surface area is 150 Å². The predicted molar refractivity (Wildman–Crippen MR) is 96.5 cm³/mol. The molecule has 0 aliphatic carbocycles. The van der Waals surface area contributed by atoms with Crippen molar-refractivity contribution in [2.24, 2.45) is 16.5 Å². The van der Waals surface area contributed by atoms with Crippen LogP contribution in [0.2, 0.25) is 0 Å². The summed E-state index contributed by atoms with van der Waals surface area (Å²) in [6.07, 6.45) is 0.839. The molecule has 0 fully saturated rings. The number of guanidine groups is 1. The van der Waals surface area contributed by atoms with Crippen LogP contribution in [0, 0.1) is 10.1 Å². The van der Waals surface area contributed by atoms with Crippen LogP contribution in [0.3, 0.4) is 0 Å². The van der Waals surface area contributed by atoms with E-state index in [9.17, 15) is 19.7 Å². The molecule has 1 aromatic carbocycles. The standard InChI is InChI=1S/C14H20N6O4.ClH/c1-9(21)18-12(3-2-8-17-14(15)16)13(22)19-10-4-6-11(7-5-10)20(23)24;/h4-7,12H,2-3,8H2,1H3,(H,18,21)(H,19,22)(H4,15,16,17);1H/t12-;/m0./s1. The van der Waals surface area contributed by atoms with Crippen molar-refractivity contribution >= 4 is 41.6 Å². The number of nitro benzene ring substituents is 1. The number of carbonyl (C=O) groups excluding carboxylic acids is 2. The van der Waals surface area contributed by atoms with Gasteiger partial charge in [-0.2, -0.15) is 0 Å². The minimum atomic E-state index is -0.758. The van der Waals surface area contributed by atoms with Gasteiger partial charge in [0.2, 0.25) is 11.8 Å². The highest BCUT2D eigenvalue weighted by molar-refractivity contribution is 5.97. The van der Waals surface area contributed by atoms with E-state index in [4.69, 9.17) is 11.5 Å². The first kappa shape index (κ1) is 22.1. The van der Waals surface area contributed by atoms with E-state index in [0.717, 1.165) is 0 Å². The van der Waals surface area contributed by atoms with Gasteiger partial charge in [-0.25, -0.2) is 0 Å². The molecule has 0 heterocycles. The Morgan fingerprint density at radius 2 is 1.88 bits per heavy atom. The first-order valence-corrected chi connectivity index (χ1v) is 7.17. The molecule has 1 rings (SSSR count). The van der Waals surface area contributed by atoms with E-state index in [1.807, 2.05) is 0 Å². The smallest absolute Gasteiger partial charge is 0.269 e. The third-order valence-corrected chi connectivity index (χ3v) is 2.98. The predicted octanol–water partition coefficient (Wildman–Crippen LogP) is 0.513. The molecule has 0 unspecified atom stereocenters. The molecule has 0 aliphatic heterocycles. The number of nitrogens with two attached hydrogens (primary N) is 2. The monoisotopic (exact) mass is 372 g/mol. The van der Waals surface area contributed by atoms with Crippen LogP contribution in [-0.2, 0) is 9.59 Å². The number of carbonyl (C=O) groups is 2. The molecule has 0 bridgehead atoms. The maximum absolute atomic E-state index is 12.3. The van der Waals surface area contributed by atoms with Gasteiger partial charge in [0.05, 0.1) is 4.92 Å². The van der Waals surface area contributed by atoms with Crippen LogP contribution in [0.4, 0.5) is 11.4 Å². The molecule has 0 aliphatic rings. The second-order valence-electron chi connectivity index (χ2n) is 5.00. The Balaban J connectivity index is 0.00000576. The van der Waals surface area contributed by atoms with Gasteiger partial charge in [-0.15, -0.1) is 12.4 Å². The second kappa shape index (κ2) is 10.8. The molecular formula is C14H21ClN6O4. The maximum atomic E-state index is 12.3. The molecule has 0 aromatic heterocycles. The molecule has 1 aromatic rings. The summed E-state index contributed by atoms with van der Waals surface area (Å²) < 4.78 is 0. The van der Waals surface area contributed by atoms with Crippen LogP contribution in [0.5, 0.6) is 0 Å². The van der Waals surface area contributed by atoms with Gasteiger partial charge in [0.15, 0.2) is 5.96 Å². The van der Waals surface area contributed by atoms with E-state index in [2.05, 4.69) is 15.6 Å². The van der Waals surface area contributed by atoms with E-state index >= 15 is 0 Å². The molecule has 11 heteroatoms. The van der Waals surface area contributed by atoms with Crippen LogP contribution < -0.4 is 22.1 Å². The van der Waals surface area contributed by atoms with Crippen LogP contribution in [0.25, 0.3) is 0 Å². The number of amides is 2. The Morgan fingerprint density at radius 1 is 1.28 bits per heavy atom. The quantitative estimate of drug-likeness (QED) is 0.170. The molecule has 0 radical (unpaired) electrons. The molecule has 138 valence electrons. The topological polar surface area (TPSA) is 166 Å². The Hall–Kier alpha value is -2.88. The minimum Gasteiger partial charge on any atom is -0.370 e. The number of hydrogen-bond donors (Lipinski definition) is 4. The van der Waals surface area contributed by atoms with Gasteiger partial charge in [-0.05, 0) is 25.0 Å². The van der Waals surface area contributed by atoms with E-state index in [0.29, 0.717) is 25.1 Å². The lowest BCUT2D eigenvalue weighted by Gasteiger charge is -2.17. The largest absolute Gasteiger partial charge is 0.370 e. The van der Waals surface area contributed by atoms with Crippen molar-refractivity contribution in [1.82, 2.24) is 5.32 Å². The Morgan fingerprint density at radius 3 is 2.36 bits per heavy atom. The first-order chi connectivity index (χ1) is 11.3. The third-order valence-electron chi connectivity index (χ3n) is 2.98. The molecule has 0 spiro atoms. The molecule has 6 N–H and O–H groups in total. The number of nitrogens with zero attached hydrogens (tertiary/aromatic N) is 2. The van der Waals surface area contributed by atoms with Crippen molar-refractivity contribution in [3.05, 3.63) is 34.4 Å². The Kier molecular flexibility index (Phi) is 9.57. The zero-order valence-electron chi connectivity index (χ0n) is 13.6. The van der Waals surface area contributed by atoms with E-state index in [1.165, 1.54) is 31.2 Å². The zero-order chi connectivity index (χ0) is 18.1. The fourth-order valence-electron chi connectivity index (χ4n) is 1.91. The lowest BCUT2D eigenvalue weighted by molar-refractivity contribution is -0.384. The summed E-state index contributed by atoms with van der Waals surface area (Å²) in [6, 6.07) is 4.64. The lowest BCUT2D eigenvalue weighted by Crippen LogP contribution is -2.43. The number of nitro groups is 1. The van der Waals surface area contributed by atoms with Crippen molar-refractivity contribution in [2.75, 3.05) is 11.9 Å². The lowest BCUT2D eigenvalue weighted by atomic mass is 10.1. The van der Waals surface area contributed by atoms with Crippen molar-refractivity contribution in [2.45, 2.75) is 25.8 Å². The highest BCUT2D eigenvalue weighted by atomic mass is 35.5. The number of nitrogens with one attached hydrogen (secondary N) is 2. The summed E-state index contributed by atoms with van der Waals surface area (Å²) in [5, 5.41) is 15.8. The number of non-ortho nitro benzene ring substituents is 1. The molecule has 25 heavy (non-hydrogen) atoms. The molecule has 0 saturated carbocycles. The first-order valence-electron chi connectivity index (χ1n) is 7.17. The summed E-state index contributed by atoms with van der Waals surface area (Å²) in [5.74, 6) is -0.814. The van der Waals surface area contributed by atoms with E-state index < -0.39 is 16.9 Å². The number of benzene rings is 1. The van der Waals surface area contributed by atoms with Crippen LogP contribution in [-0.4, -0.2) is 35.3 Å². The summed E-state index contributed by atoms with van der Waals surface area (Å²) in [4.78, 5) is 37.4. The normalized spacial score (nSPS) is 10.8. The SMILES string of the molecule is CC(=O)N[C@@H](CCCN=C(N)N)C(=O)Nc1ccc([N+](=O)[O-])cc1.Cl. The van der Waals surface area contributed by atoms with Crippen molar-refractivity contribution in [3.63, 3.8) is 0 Å². The van der Waals surface area contributed by atoms with Gasteiger partial charge in [0.1, 0.15) is 6.04 Å². The van der Waals surface area contributed by atoms with Crippen molar-refractivity contribution < 1.29 is 14.5 Å². The van der Waals surface area contributed by atoms with Crippen LogP contribution in [0.1, 0.15) is 19.8 Å². The van der Waals surface area contributed by atoms with Gasteiger partial charge in [-0.1, -0.05) is 0 Å². The van der Waals surface area contributed by atoms with Gasteiger partial charge < -0.3 is 22.1 Å². The molecule has 10 nitrogen and oxygen atoms in total. The van der Waals surface area contributed by atoms with Crippen LogP contribution in [0.15, 0.2) is 29.3 Å². The van der Waals surface area contributed by atoms with Gasteiger partial charge in [0, 0.05) is 31.3 Å². The Bertz CT molecular complexity index is 631. The number of rotatable bonds is 8. The van der Waals surface area contributed by atoms with E-state index in [-0.39, 0.29) is 30.0 Å². The van der Waals surface area contributed by atoms with Crippen molar-refractivity contribution in [1.29, 1.82) is 0 Å². The molecule has 1 atom stereocenters. The van der Waals surface area contributed by atoms with Crippen molar-refractivity contribution in [3.8, 4) is 0 Å². The highest BCUT2D eigenvalue weighted by Crippen LogP contribution is 2.16. The van der Waals surface area contributed by atoms with Gasteiger partial charge in [0.25, 0.3) is 5.69 Å². The van der Waals surface area contributed by atoms with Gasteiger partial charge in [-0.3, -0.25) is 24.7 Å². The summed E-state index contributed by atoms with van der Waals surface area (Å²) >= 11 is 0. The second-order valence-corrected chi connectivity index (χ2v) is 5.00. The average molecular weight is 373 g/mol. The number of aliphatic imine (C=N–C) groups is 1.